The van der Waals surface area contributed by atoms with Gasteiger partial charge in [-0.15, -0.1) is 0 Å². The third kappa shape index (κ3) is 4.63. The Hall–Kier alpha value is -0.0800. The highest BCUT2D eigenvalue weighted by molar-refractivity contribution is 4.85. The maximum absolute atomic E-state index is 5.33. The fraction of sp³-hybridized carbons (Fsp3) is 1.00. The summed E-state index contributed by atoms with van der Waals surface area (Å²) in [6.45, 7) is 7.15. The molecule has 0 heterocycles. The first kappa shape index (κ1) is 11.0. The first-order valence-electron chi connectivity index (χ1n) is 5.69. The molecule has 2 nitrogen and oxygen atoms in total. The van der Waals surface area contributed by atoms with E-state index in [0.717, 1.165) is 31.7 Å². The van der Waals surface area contributed by atoms with E-state index < -0.39 is 0 Å². The molecule has 1 aliphatic rings. The van der Waals surface area contributed by atoms with Gasteiger partial charge in [0.1, 0.15) is 0 Å². The van der Waals surface area contributed by atoms with E-state index in [2.05, 4.69) is 19.2 Å². The maximum Gasteiger partial charge on any atom is 0.0466 e. The van der Waals surface area contributed by atoms with Crippen molar-refractivity contribution in [2.45, 2.75) is 45.6 Å². The Bertz CT molecular complexity index is 123. The van der Waals surface area contributed by atoms with Crippen LogP contribution < -0.4 is 5.32 Å². The van der Waals surface area contributed by atoms with E-state index in [1.807, 2.05) is 0 Å². The summed E-state index contributed by atoms with van der Waals surface area (Å²) in [5, 5.41) is 3.57. The van der Waals surface area contributed by atoms with Crippen LogP contribution in [0.5, 0.6) is 0 Å². The van der Waals surface area contributed by atoms with Crippen LogP contribution in [0.3, 0.4) is 0 Å². The summed E-state index contributed by atoms with van der Waals surface area (Å²) in [6, 6.07) is 0.769. The molecule has 0 amide bonds. The van der Waals surface area contributed by atoms with Crippen LogP contribution in [0.4, 0.5) is 0 Å². The number of nitrogens with one attached hydrogen (secondary N) is 1. The summed E-state index contributed by atoms with van der Waals surface area (Å²) in [4.78, 5) is 0. The number of hydrogen-bond acceptors (Lipinski definition) is 2. The van der Waals surface area contributed by atoms with Crippen molar-refractivity contribution >= 4 is 0 Å². The standard InChI is InChI=1S/C11H23NO/c1-3-12-11(10-7-8-10)6-5-9-13-4-2/h10-12H,3-9H2,1-2H3. The number of rotatable bonds is 8. The second-order valence-corrected chi connectivity index (χ2v) is 3.84. The van der Waals surface area contributed by atoms with Crippen molar-refractivity contribution < 1.29 is 4.74 Å². The maximum atomic E-state index is 5.33. The van der Waals surface area contributed by atoms with Gasteiger partial charge in [-0.05, 0) is 45.1 Å². The molecule has 0 aromatic rings. The zero-order chi connectivity index (χ0) is 9.52. The van der Waals surface area contributed by atoms with Crippen molar-refractivity contribution in [1.82, 2.24) is 5.32 Å². The Labute approximate surface area is 82.0 Å². The van der Waals surface area contributed by atoms with Gasteiger partial charge in [-0.3, -0.25) is 0 Å². The predicted octanol–water partition coefficient (Wildman–Crippen LogP) is 2.19. The molecule has 1 rings (SSSR count). The van der Waals surface area contributed by atoms with E-state index >= 15 is 0 Å². The third-order valence-electron chi connectivity index (χ3n) is 2.67. The first-order valence-corrected chi connectivity index (χ1v) is 5.69. The van der Waals surface area contributed by atoms with Crippen LogP contribution in [0.1, 0.15) is 39.5 Å². The molecule has 0 aliphatic heterocycles. The fourth-order valence-corrected chi connectivity index (χ4v) is 1.81. The quantitative estimate of drug-likeness (QED) is 0.585. The van der Waals surface area contributed by atoms with Gasteiger partial charge in [0.15, 0.2) is 0 Å². The Balaban J connectivity index is 2.00. The molecule has 1 aliphatic carbocycles. The highest BCUT2D eigenvalue weighted by Crippen LogP contribution is 2.34. The van der Waals surface area contributed by atoms with Crippen LogP contribution in [0, 0.1) is 5.92 Å². The van der Waals surface area contributed by atoms with Crippen molar-refractivity contribution in [3.8, 4) is 0 Å². The highest BCUT2D eigenvalue weighted by Gasteiger charge is 2.29. The van der Waals surface area contributed by atoms with Crippen LogP contribution >= 0.6 is 0 Å². The van der Waals surface area contributed by atoms with Crippen molar-refractivity contribution in [3.05, 3.63) is 0 Å². The zero-order valence-corrected chi connectivity index (χ0v) is 9.01. The van der Waals surface area contributed by atoms with E-state index in [4.69, 9.17) is 4.74 Å². The fourth-order valence-electron chi connectivity index (χ4n) is 1.81. The monoisotopic (exact) mass is 185 g/mol. The summed E-state index contributed by atoms with van der Waals surface area (Å²) >= 11 is 0. The van der Waals surface area contributed by atoms with Crippen LogP contribution in [0.25, 0.3) is 0 Å². The molecule has 13 heavy (non-hydrogen) atoms. The van der Waals surface area contributed by atoms with Gasteiger partial charge < -0.3 is 10.1 Å². The summed E-state index contributed by atoms with van der Waals surface area (Å²) in [5.41, 5.74) is 0. The highest BCUT2D eigenvalue weighted by atomic mass is 16.5. The van der Waals surface area contributed by atoms with Gasteiger partial charge >= 0.3 is 0 Å². The van der Waals surface area contributed by atoms with Gasteiger partial charge in [0.2, 0.25) is 0 Å². The van der Waals surface area contributed by atoms with Crippen molar-refractivity contribution in [2.75, 3.05) is 19.8 Å². The lowest BCUT2D eigenvalue weighted by Gasteiger charge is -2.16. The summed E-state index contributed by atoms with van der Waals surface area (Å²) in [5.74, 6) is 0.974. The molecular weight excluding hydrogens is 162 g/mol. The molecule has 1 N–H and O–H groups in total. The zero-order valence-electron chi connectivity index (χ0n) is 9.01. The first-order chi connectivity index (χ1) is 6.38. The summed E-state index contributed by atoms with van der Waals surface area (Å²) in [6.07, 6.45) is 5.37. The third-order valence-corrected chi connectivity index (χ3v) is 2.67. The Morgan fingerprint density at radius 2 is 2.15 bits per heavy atom. The number of ether oxygens (including phenoxy) is 1. The van der Waals surface area contributed by atoms with Crippen LogP contribution in [-0.2, 0) is 4.74 Å². The molecule has 1 unspecified atom stereocenters. The second-order valence-electron chi connectivity index (χ2n) is 3.84. The average molecular weight is 185 g/mol. The van der Waals surface area contributed by atoms with Crippen molar-refractivity contribution in [1.29, 1.82) is 0 Å². The molecule has 0 bridgehead atoms. The molecule has 1 fully saturated rings. The molecule has 1 saturated carbocycles. The second kappa shape index (κ2) is 6.39. The lowest BCUT2D eigenvalue weighted by Crippen LogP contribution is -2.31. The van der Waals surface area contributed by atoms with Crippen molar-refractivity contribution in [2.24, 2.45) is 5.92 Å². The molecule has 0 spiro atoms. The Morgan fingerprint density at radius 3 is 2.69 bits per heavy atom. The molecule has 78 valence electrons. The molecule has 2 heteroatoms. The smallest absolute Gasteiger partial charge is 0.0466 e. The normalized spacial score (nSPS) is 18.9. The molecule has 0 aromatic heterocycles. The van der Waals surface area contributed by atoms with E-state index in [-0.39, 0.29) is 0 Å². The topological polar surface area (TPSA) is 21.3 Å². The Morgan fingerprint density at radius 1 is 1.38 bits per heavy atom. The molecular formula is C11H23NO. The van der Waals surface area contributed by atoms with E-state index in [1.165, 1.54) is 25.7 Å². The lowest BCUT2D eigenvalue weighted by atomic mass is 10.1. The van der Waals surface area contributed by atoms with E-state index in [9.17, 15) is 0 Å². The van der Waals surface area contributed by atoms with Gasteiger partial charge in [0.05, 0.1) is 0 Å². The summed E-state index contributed by atoms with van der Waals surface area (Å²) < 4.78 is 5.33. The lowest BCUT2D eigenvalue weighted by molar-refractivity contribution is 0.140. The minimum absolute atomic E-state index is 0.769. The van der Waals surface area contributed by atoms with Gasteiger partial charge in [-0.1, -0.05) is 6.92 Å². The van der Waals surface area contributed by atoms with Gasteiger partial charge in [0, 0.05) is 19.3 Å². The number of hydrogen-bond donors (Lipinski definition) is 1. The predicted molar refractivity (Wildman–Crippen MR) is 55.9 cm³/mol. The van der Waals surface area contributed by atoms with E-state index in [0.29, 0.717) is 0 Å². The van der Waals surface area contributed by atoms with Crippen LogP contribution in [0.2, 0.25) is 0 Å². The largest absolute Gasteiger partial charge is 0.382 e. The van der Waals surface area contributed by atoms with Gasteiger partial charge in [0.25, 0.3) is 0 Å². The van der Waals surface area contributed by atoms with Crippen LogP contribution in [-0.4, -0.2) is 25.8 Å². The average Bonchev–Trinajstić information content (AvgIpc) is 2.93. The van der Waals surface area contributed by atoms with Gasteiger partial charge in [-0.25, -0.2) is 0 Å². The van der Waals surface area contributed by atoms with Crippen LogP contribution in [0.15, 0.2) is 0 Å². The SMILES string of the molecule is CCNC(CCCOCC)C1CC1. The molecule has 0 aromatic carbocycles. The molecule has 1 atom stereocenters. The van der Waals surface area contributed by atoms with Gasteiger partial charge in [-0.2, -0.15) is 0 Å². The van der Waals surface area contributed by atoms with E-state index in [1.54, 1.807) is 0 Å². The van der Waals surface area contributed by atoms with Crippen molar-refractivity contribution in [3.63, 3.8) is 0 Å². The minimum Gasteiger partial charge on any atom is -0.382 e. The minimum atomic E-state index is 0.769. The molecule has 0 radical (unpaired) electrons. The Kier molecular flexibility index (Phi) is 5.40. The summed E-state index contributed by atoms with van der Waals surface area (Å²) in [7, 11) is 0. The molecule has 0 saturated heterocycles.